The Hall–Kier alpha value is -1.31. The van der Waals surface area contributed by atoms with Crippen LogP contribution in [0.25, 0.3) is 0 Å². The first-order valence-electron chi connectivity index (χ1n) is 7.73. The molecule has 0 aliphatic carbocycles. The Labute approximate surface area is 124 Å². The van der Waals surface area contributed by atoms with Gasteiger partial charge in [-0.25, -0.2) is 0 Å². The summed E-state index contributed by atoms with van der Waals surface area (Å²) in [5.74, 6) is 0.582. The standard InChI is InChI=1S/C18H29NO/c1-8-14(6)16-11-9-10-15(7)17(16)18(20)19(12(2)3)13(4)5/h9-14H,8H2,1-7H3. The van der Waals surface area contributed by atoms with Crippen LogP contribution in [0, 0.1) is 6.92 Å². The lowest BCUT2D eigenvalue weighted by Crippen LogP contribution is -2.42. The van der Waals surface area contributed by atoms with Crippen LogP contribution in [0.15, 0.2) is 18.2 Å². The van der Waals surface area contributed by atoms with Crippen molar-refractivity contribution in [1.29, 1.82) is 0 Å². The topological polar surface area (TPSA) is 20.3 Å². The lowest BCUT2D eigenvalue weighted by atomic mass is 9.90. The Morgan fingerprint density at radius 2 is 1.65 bits per heavy atom. The monoisotopic (exact) mass is 275 g/mol. The van der Waals surface area contributed by atoms with E-state index in [4.69, 9.17) is 0 Å². The van der Waals surface area contributed by atoms with Crippen LogP contribution in [0.2, 0.25) is 0 Å². The van der Waals surface area contributed by atoms with E-state index >= 15 is 0 Å². The van der Waals surface area contributed by atoms with Crippen LogP contribution in [0.1, 0.15) is 75.4 Å². The molecule has 0 aliphatic rings. The van der Waals surface area contributed by atoms with Gasteiger partial charge in [0.25, 0.3) is 5.91 Å². The van der Waals surface area contributed by atoms with E-state index in [0.29, 0.717) is 5.92 Å². The molecule has 0 N–H and O–H groups in total. The molecular formula is C18H29NO. The van der Waals surface area contributed by atoms with Crippen molar-refractivity contribution < 1.29 is 4.79 Å². The van der Waals surface area contributed by atoms with Crippen molar-refractivity contribution in [3.8, 4) is 0 Å². The van der Waals surface area contributed by atoms with E-state index < -0.39 is 0 Å². The molecule has 1 rings (SSSR count). The summed E-state index contributed by atoms with van der Waals surface area (Å²) in [6.07, 6.45) is 1.05. The first-order valence-corrected chi connectivity index (χ1v) is 7.73. The highest BCUT2D eigenvalue weighted by atomic mass is 16.2. The second-order valence-corrected chi connectivity index (χ2v) is 6.25. The molecule has 2 nitrogen and oxygen atoms in total. The van der Waals surface area contributed by atoms with Crippen molar-refractivity contribution in [2.45, 2.75) is 72.9 Å². The summed E-state index contributed by atoms with van der Waals surface area (Å²) in [7, 11) is 0. The molecule has 0 saturated heterocycles. The zero-order chi connectivity index (χ0) is 15.4. The van der Waals surface area contributed by atoms with E-state index in [1.54, 1.807) is 0 Å². The lowest BCUT2D eigenvalue weighted by Gasteiger charge is -2.32. The first-order chi connectivity index (χ1) is 9.31. The molecule has 2 heteroatoms. The van der Waals surface area contributed by atoms with Gasteiger partial charge in [0, 0.05) is 17.6 Å². The maximum atomic E-state index is 13.0. The highest BCUT2D eigenvalue weighted by Crippen LogP contribution is 2.27. The number of rotatable bonds is 5. The van der Waals surface area contributed by atoms with E-state index in [1.165, 1.54) is 5.56 Å². The molecule has 0 saturated carbocycles. The van der Waals surface area contributed by atoms with Crippen molar-refractivity contribution in [2.24, 2.45) is 0 Å². The fourth-order valence-corrected chi connectivity index (χ4v) is 2.81. The largest absolute Gasteiger partial charge is 0.334 e. The molecule has 0 spiro atoms. The molecule has 0 bridgehead atoms. The molecule has 1 amide bonds. The van der Waals surface area contributed by atoms with Crippen molar-refractivity contribution in [3.63, 3.8) is 0 Å². The molecule has 1 atom stereocenters. The van der Waals surface area contributed by atoms with Gasteiger partial charge in [-0.15, -0.1) is 0 Å². The summed E-state index contributed by atoms with van der Waals surface area (Å²) >= 11 is 0. The zero-order valence-corrected chi connectivity index (χ0v) is 14.0. The third-order valence-corrected chi connectivity index (χ3v) is 4.01. The molecule has 20 heavy (non-hydrogen) atoms. The summed E-state index contributed by atoms with van der Waals surface area (Å²) in [5, 5.41) is 0. The maximum absolute atomic E-state index is 13.0. The molecular weight excluding hydrogens is 246 g/mol. The second kappa shape index (κ2) is 6.92. The molecule has 1 aromatic rings. The Morgan fingerprint density at radius 1 is 1.10 bits per heavy atom. The average molecular weight is 275 g/mol. The van der Waals surface area contributed by atoms with Crippen LogP contribution in [-0.4, -0.2) is 22.9 Å². The van der Waals surface area contributed by atoms with Crippen LogP contribution in [-0.2, 0) is 0 Å². The van der Waals surface area contributed by atoms with E-state index in [1.807, 2.05) is 17.9 Å². The van der Waals surface area contributed by atoms with Gasteiger partial charge in [-0.3, -0.25) is 4.79 Å². The van der Waals surface area contributed by atoms with E-state index in [9.17, 15) is 4.79 Å². The predicted octanol–water partition coefficient (Wildman–Crippen LogP) is 4.77. The smallest absolute Gasteiger partial charge is 0.254 e. The number of hydrogen-bond acceptors (Lipinski definition) is 1. The molecule has 0 aliphatic heterocycles. The van der Waals surface area contributed by atoms with E-state index in [2.05, 4.69) is 53.7 Å². The molecule has 112 valence electrons. The van der Waals surface area contributed by atoms with Crippen LogP contribution < -0.4 is 0 Å². The Kier molecular flexibility index (Phi) is 5.79. The quantitative estimate of drug-likeness (QED) is 0.758. The third-order valence-electron chi connectivity index (χ3n) is 4.01. The summed E-state index contributed by atoms with van der Waals surface area (Å²) in [4.78, 5) is 15.0. The van der Waals surface area contributed by atoms with Crippen molar-refractivity contribution in [3.05, 3.63) is 34.9 Å². The number of carbonyl (C=O) groups excluding carboxylic acids is 1. The van der Waals surface area contributed by atoms with Crippen LogP contribution in [0.5, 0.6) is 0 Å². The van der Waals surface area contributed by atoms with Gasteiger partial charge in [0.15, 0.2) is 0 Å². The molecule has 1 aromatic carbocycles. The summed E-state index contributed by atoms with van der Waals surface area (Å²) in [5.41, 5.74) is 3.17. The highest BCUT2D eigenvalue weighted by Gasteiger charge is 2.26. The number of benzene rings is 1. The minimum Gasteiger partial charge on any atom is -0.334 e. The summed E-state index contributed by atoms with van der Waals surface area (Å²) in [6.45, 7) is 14.7. The van der Waals surface area contributed by atoms with Gasteiger partial charge < -0.3 is 4.90 Å². The van der Waals surface area contributed by atoms with Crippen molar-refractivity contribution >= 4 is 5.91 Å². The normalized spacial score (nSPS) is 12.8. The fourth-order valence-electron chi connectivity index (χ4n) is 2.81. The second-order valence-electron chi connectivity index (χ2n) is 6.25. The number of carbonyl (C=O) groups is 1. The molecule has 0 heterocycles. The predicted molar refractivity (Wildman–Crippen MR) is 86.3 cm³/mol. The lowest BCUT2D eigenvalue weighted by molar-refractivity contribution is 0.0641. The zero-order valence-electron chi connectivity index (χ0n) is 14.0. The van der Waals surface area contributed by atoms with Gasteiger partial charge in [-0.1, -0.05) is 32.0 Å². The Morgan fingerprint density at radius 3 is 2.10 bits per heavy atom. The van der Waals surface area contributed by atoms with Crippen molar-refractivity contribution in [2.75, 3.05) is 0 Å². The SMILES string of the molecule is CCC(C)c1cccc(C)c1C(=O)N(C(C)C)C(C)C. The Bertz CT molecular complexity index is 454. The summed E-state index contributed by atoms with van der Waals surface area (Å²) < 4.78 is 0. The Balaban J connectivity index is 3.34. The van der Waals surface area contributed by atoms with Crippen LogP contribution in [0.3, 0.4) is 0 Å². The van der Waals surface area contributed by atoms with Gasteiger partial charge >= 0.3 is 0 Å². The van der Waals surface area contributed by atoms with E-state index in [0.717, 1.165) is 17.5 Å². The average Bonchev–Trinajstić information content (AvgIpc) is 2.36. The van der Waals surface area contributed by atoms with Crippen molar-refractivity contribution in [1.82, 2.24) is 4.90 Å². The number of hydrogen-bond donors (Lipinski definition) is 0. The van der Waals surface area contributed by atoms with Gasteiger partial charge in [-0.2, -0.15) is 0 Å². The molecule has 0 fully saturated rings. The third kappa shape index (κ3) is 3.41. The van der Waals surface area contributed by atoms with Gasteiger partial charge in [0.1, 0.15) is 0 Å². The van der Waals surface area contributed by atoms with Crippen LogP contribution >= 0.6 is 0 Å². The van der Waals surface area contributed by atoms with Gasteiger partial charge in [-0.05, 0) is 58.1 Å². The minimum absolute atomic E-state index is 0.170. The molecule has 0 radical (unpaired) electrons. The van der Waals surface area contributed by atoms with Gasteiger partial charge in [0.2, 0.25) is 0 Å². The molecule has 1 unspecified atom stereocenters. The molecule has 0 aromatic heterocycles. The maximum Gasteiger partial charge on any atom is 0.254 e. The number of aryl methyl sites for hydroxylation is 1. The number of amides is 1. The van der Waals surface area contributed by atoms with Gasteiger partial charge in [0.05, 0.1) is 0 Å². The van der Waals surface area contributed by atoms with E-state index in [-0.39, 0.29) is 18.0 Å². The first kappa shape index (κ1) is 16.7. The van der Waals surface area contributed by atoms with Crippen LogP contribution in [0.4, 0.5) is 0 Å². The highest BCUT2D eigenvalue weighted by molar-refractivity contribution is 5.97. The number of nitrogens with zero attached hydrogens (tertiary/aromatic N) is 1. The minimum atomic E-state index is 0.170. The summed E-state index contributed by atoms with van der Waals surface area (Å²) in [6, 6.07) is 6.63. The fraction of sp³-hybridized carbons (Fsp3) is 0.611.